The van der Waals surface area contributed by atoms with Gasteiger partial charge in [-0.15, -0.1) is 0 Å². The summed E-state index contributed by atoms with van der Waals surface area (Å²) >= 11 is 0. The van der Waals surface area contributed by atoms with E-state index in [1.807, 2.05) is 24.3 Å². The molecule has 0 amide bonds. The van der Waals surface area contributed by atoms with E-state index in [0.717, 1.165) is 29.7 Å². The summed E-state index contributed by atoms with van der Waals surface area (Å²) in [6, 6.07) is 9.19. The second kappa shape index (κ2) is 6.41. The lowest BCUT2D eigenvalue weighted by molar-refractivity contribution is 0.174. The Morgan fingerprint density at radius 1 is 1.12 bits per heavy atom. The quantitative estimate of drug-likeness (QED) is 0.694. The summed E-state index contributed by atoms with van der Waals surface area (Å²) in [6.45, 7) is 4.09. The number of fused-ring (bicyclic) bond motifs is 2. The van der Waals surface area contributed by atoms with E-state index in [-0.39, 0.29) is 12.2 Å². The molecule has 0 bridgehead atoms. The number of rotatable bonds is 4. The molecule has 0 unspecified atom stereocenters. The molecule has 4 rings (SSSR count). The molecule has 5 nitrogen and oxygen atoms in total. The minimum absolute atomic E-state index is 0.0531. The van der Waals surface area contributed by atoms with Gasteiger partial charge in [-0.1, -0.05) is 19.4 Å². The number of hydrogen-bond acceptors (Lipinski definition) is 5. The molecule has 2 heterocycles. The van der Waals surface area contributed by atoms with E-state index < -0.39 is 0 Å². The number of ether oxygens (including phenoxy) is 3. The fourth-order valence-electron chi connectivity index (χ4n) is 3.42. The minimum atomic E-state index is -0.0531. The summed E-state index contributed by atoms with van der Waals surface area (Å²) in [5.74, 6) is 2.64. The molecule has 0 radical (unpaired) electrons. The third-order valence-corrected chi connectivity index (χ3v) is 4.65. The second-order valence-electron chi connectivity index (χ2n) is 6.34. The minimum Gasteiger partial charge on any atom is -0.496 e. The third kappa shape index (κ3) is 2.60. The average Bonchev–Trinajstić information content (AvgIpc) is 3.10. The summed E-state index contributed by atoms with van der Waals surface area (Å²) in [6.07, 6.45) is 1.81. The van der Waals surface area contributed by atoms with Gasteiger partial charge in [0.05, 0.1) is 18.1 Å². The van der Waals surface area contributed by atoms with E-state index in [0.29, 0.717) is 33.8 Å². The van der Waals surface area contributed by atoms with Crippen molar-refractivity contribution < 1.29 is 18.6 Å². The Kier molecular flexibility index (Phi) is 4.07. The smallest absolute Gasteiger partial charge is 0.231 e. The average molecular weight is 352 g/mol. The third-order valence-electron chi connectivity index (χ3n) is 4.65. The molecule has 0 spiro atoms. The van der Waals surface area contributed by atoms with Crippen molar-refractivity contribution in [1.29, 1.82) is 0 Å². The molecule has 26 heavy (non-hydrogen) atoms. The monoisotopic (exact) mass is 352 g/mol. The Hall–Kier alpha value is -2.95. The van der Waals surface area contributed by atoms with Gasteiger partial charge in [0, 0.05) is 6.07 Å². The first-order chi connectivity index (χ1) is 12.6. The highest BCUT2D eigenvalue weighted by Gasteiger charge is 2.19. The highest BCUT2D eigenvalue weighted by atomic mass is 16.7. The molecule has 1 aliphatic heterocycles. The molecule has 0 fully saturated rings. The lowest BCUT2D eigenvalue weighted by Gasteiger charge is -2.12. The van der Waals surface area contributed by atoms with Gasteiger partial charge in [-0.25, -0.2) is 0 Å². The summed E-state index contributed by atoms with van der Waals surface area (Å²) in [7, 11) is 1.63. The van der Waals surface area contributed by atoms with Crippen LogP contribution in [0.1, 0.15) is 24.7 Å². The van der Waals surface area contributed by atoms with Gasteiger partial charge in [0.2, 0.25) is 12.2 Å². The first-order valence-electron chi connectivity index (χ1n) is 8.66. The Labute approximate surface area is 151 Å². The second-order valence-corrected chi connectivity index (χ2v) is 6.34. The van der Waals surface area contributed by atoms with Crippen LogP contribution >= 0.6 is 0 Å². The molecule has 5 heteroatoms. The predicted octanol–water partition coefficient (Wildman–Crippen LogP) is 4.46. The molecule has 0 saturated heterocycles. The number of methoxy groups -OCH3 is 1. The molecule has 1 aromatic heterocycles. The van der Waals surface area contributed by atoms with Crippen molar-refractivity contribution in [1.82, 2.24) is 0 Å². The highest BCUT2D eigenvalue weighted by Crippen LogP contribution is 2.37. The van der Waals surface area contributed by atoms with Crippen LogP contribution in [0.15, 0.2) is 39.5 Å². The van der Waals surface area contributed by atoms with Crippen molar-refractivity contribution >= 4 is 11.0 Å². The van der Waals surface area contributed by atoms with Gasteiger partial charge in [-0.05, 0) is 42.7 Å². The lowest BCUT2D eigenvalue weighted by Crippen LogP contribution is -2.08. The van der Waals surface area contributed by atoms with Gasteiger partial charge in [-0.2, -0.15) is 0 Å². The normalized spacial score (nSPS) is 12.6. The van der Waals surface area contributed by atoms with Gasteiger partial charge in [0.25, 0.3) is 0 Å². The van der Waals surface area contributed by atoms with Crippen molar-refractivity contribution in [2.24, 2.45) is 0 Å². The van der Waals surface area contributed by atoms with E-state index in [1.165, 1.54) is 0 Å². The Balaban J connectivity index is 1.94. The molecule has 0 atom stereocenters. The van der Waals surface area contributed by atoms with Gasteiger partial charge in [-0.3, -0.25) is 4.79 Å². The molecule has 134 valence electrons. The maximum absolute atomic E-state index is 13.2. The van der Waals surface area contributed by atoms with Crippen LogP contribution in [-0.2, 0) is 6.42 Å². The fraction of sp³-hybridized carbons (Fsp3) is 0.286. The largest absolute Gasteiger partial charge is 0.496 e. The highest BCUT2D eigenvalue weighted by molar-refractivity contribution is 5.85. The van der Waals surface area contributed by atoms with E-state index in [2.05, 4.69) is 6.92 Å². The first kappa shape index (κ1) is 16.5. The Morgan fingerprint density at radius 3 is 2.69 bits per heavy atom. The van der Waals surface area contributed by atoms with E-state index in [4.69, 9.17) is 18.6 Å². The van der Waals surface area contributed by atoms with Gasteiger partial charge in [0.1, 0.15) is 17.1 Å². The molecule has 0 aliphatic carbocycles. The Bertz CT molecular complexity index is 1050. The van der Waals surface area contributed by atoms with Crippen LogP contribution in [0.2, 0.25) is 0 Å². The Morgan fingerprint density at radius 2 is 1.92 bits per heavy atom. The van der Waals surface area contributed by atoms with Crippen LogP contribution in [0, 0.1) is 6.92 Å². The summed E-state index contributed by atoms with van der Waals surface area (Å²) in [5, 5.41) is 0.563. The van der Waals surface area contributed by atoms with Crippen LogP contribution in [0.25, 0.3) is 22.1 Å². The van der Waals surface area contributed by atoms with E-state index in [9.17, 15) is 4.79 Å². The van der Waals surface area contributed by atoms with Crippen molar-refractivity contribution in [3.05, 3.63) is 51.9 Å². The fourth-order valence-corrected chi connectivity index (χ4v) is 3.42. The topological polar surface area (TPSA) is 57.9 Å². The van der Waals surface area contributed by atoms with Crippen molar-refractivity contribution in [2.45, 2.75) is 26.7 Å². The van der Waals surface area contributed by atoms with Crippen LogP contribution < -0.4 is 19.6 Å². The maximum atomic E-state index is 13.2. The van der Waals surface area contributed by atoms with Crippen LogP contribution in [-0.4, -0.2) is 13.9 Å². The number of hydrogen-bond donors (Lipinski definition) is 0. The molecule has 0 N–H and O–H groups in total. The standard InChI is InChI=1S/C21H20O5/c1-4-5-13-8-15-18(10-17(13)23-3)26-12(2)20(21(15)22)14-6-7-16-19(9-14)25-11-24-16/h6-10H,4-5,11H2,1-3H3. The summed E-state index contributed by atoms with van der Waals surface area (Å²) in [4.78, 5) is 13.2. The molecule has 1 aliphatic rings. The van der Waals surface area contributed by atoms with Crippen LogP contribution in [0.3, 0.4) is 0 Å². The molecular weight excluding hydrogens is 332 g/mol. The first-order valence-corrected chi connectivity index (χ1v) is 8.66. The maximum Gasteiger partial charge on any atom is 0.231 e. The van der Waals surface area contributed by atoms with Crippen LogP contribution in [0.5, 0.6) is 17.2 Å². The zero-order chi connectivity index (χ0) is 18.3. The molecular formula is C21H20O5. The molecule has 3 aromatic rings. The van der Waals surface area contributed by atoms with Crippen LogP contribution in [0.4, 0.5) is 0 Å². The zero-order valence-electron chi connectivity index (χ0n) is 15.0. The van der Waals surface area contributed by atoms with E-state index in [1.54, 1.807) is 20.1 Å². The number of aryl methyl sites for hydroxylation is 2. The van der Waals surface area contributed by atoms with Crippen molar-refractivity contribution in [2.75, 3.05) is 13.9 Å². The van der Waals surface area contributed by atoms with Gasteiger partial charge < -0.3 is 18.6 Å². The van der Waals surface area contributed by atoms with Gasteiger partial charge in [0.15, 0.2) is 11.5 Å². The summed E-state index contributed by atoms with van der Waals surface area (Å²) < 4.78 is 22.2. The predicted molar refractivity (Wildman–Crippen MR) is 99.3 cm³/mol. The van der Waals surface area contributed by atoms with Gasteiger partial charge >= 0.3 is 0 Å². The van der Waals surface area contributed by atoms with E-state index >= 15 is 0 Å². The number of benzene rings is 2. The lowest BCUT2D eigenvalue weighted by atomic mass is 10.00. The van der Waals surface area contributed by atoms with Crippen molar-refractivity contribution in [3.63, 3.8) is 0 Å². The zero-order valence-corrected chi connectivity index (χ0v) is 15.0. The summed E-state index contributed by atoms with van der Waals surface area (Å²) in [5.41, 5.74) is 2.80. The van der Waals surface area contributed by atoms with Crippen molar-refractivity contribution in [3.8, 4) is 28.4 Å². The SMILES string of the molecule is CCCc1cc2c(=O)c(-c3ccc4c(c3)OCO4)c(C)oc2cc1OC. The molecule has 2 aromatic carbocycles. The molecule has 0 saturated carbocycles.